The zero-order chi connectivity index (χ0) is 28.9. The molecule has 1 heterocycles. The van der Waals surface area contributed by atoms with E-state index in [1.54, 1.807) is 12.1 Å². The fourth-order valence-corrected chi connectivity index (χ4v) is 4.31. The van der Waals surface area contributed by atoms with Gasteiger partial charge in [0.2, 0.25) is 17.7 Å². The molecule has 0 aliphatic carbocycles. The largest absolute Gasteiger partial charge is 0.508 e. The number of aromatic nitrogens is 2. The summed E-state index contributed by atoms with van der Waals surface area (Å²) in [6, 6.07) is 1.95. The first-order chi connectivity index (χ1) is 18.5. The van der Waals surface area contributed by atoms with Crippen molar-refractivity contribution in [3.05, 3.63) is 48.0 Å². The number of aromatic amines is 1. The molecule has 0 spiro atoms. The summed E-state index contributed by atoms with van der Waals surface area (Å²) in [6.07, 6.45) is 5.45. The van der Waals surface area contributed by atoms with Gasteiger partial charge in [-0.1, -0.05) is 26.0 Å². The standard InChI is InChI=1S/C26H38N6O6S/c1-15(2)10-19(27)23(34)31-21(11-16-4-6-18(33)7-5-16)24(35)32-22(12-17-13-28-14-29-17)25(36)30-20(26(37)38)8-9-39-3/h4-7,13-15,19-22,33H,8-12,27H2,1-3H3,(H,28,29)(H,30,36)(H,31,34)(H,32,35)(H,37,38). The molecule has 0 saturated heterocycles. The number of rotatable bonds is 16. The number of carboxylic acid groups (broad SMARTS) is 1. The number of thioether (sulfide) groups is 1. The Morgan fingerprint density at radius 2 is 1.56 bits per heavy atom. The van der Waals surface area contributed by atoms with Crippen LogP contribution < -0.4 is 21.7 Å². The Hall–Kier alpha value is -3.58. The predicted octanol–water partition coefficient (Wildman–Crippen LogP) is 0.566. The fourth-order valence-electron chi connectivity index (χ4n) is 3.83. The molecular weight excluding hydrogens is 524 g/mol. The van der Waals surface area contributed by atoms with Gasteiger partial charge < -0.3 is 36.9 Å². The number of nitrogens with zero attached hydrogens (tertiary/aromatic N) is 1. The molecule has 0 aliphatic rings. The van der Waals surface area contributed by atoms with Gasteiger partial charge >= 0.3 is 5.97 Å². The molecule has 4 unspecified atom stereocenters. The number of amides is 3. The number of aromatic hydroxyl groups is 1. The van der Waals surface area contributed by atoms with Crippen LogP contribution in [0.3, 0.4) is 0 Å². The number of carboxylic acids is 1. The van der Waals surface area contributed by atoms with Crippen LogP contribution in [0, 0.1) is 5.92 Å². The number of aliphatic carboxylic acids is 1. The monoisotopic (exact) mass is 562 g/mol. The highest BCUT2D eigenvalue weighted by molar-refractivity contribution is 7.98. The summed E-state index contributed by atoms with van der Waals surface area (Å²) in [7, 11) is 0. The number of phenolic OH excluding ortho intramolecular Hbond substituents is 1. The van der Waals surface area contributed by atoms with Gasteiger partial charge in [0.15, 0.2) is 0 Å². The molecule has 0 bridgehead atoms. The molecule has 0 fully saturated rings. The average molecular weight is 563 g/mol. The molecule has 8 N–H and O–H groups in total. The molecule has 39 heavy (non-hydrogen) atoms. The Balaban J connectivity index is 2.27. The van der Waals surface area contributed by atoms with Crippen LogP contribution >= 0.6 is 11.8 Å². The van der Waals surface area contributed by atoms with Gasteiger partial charge in [-0.05, 0) is 48.5 Å². The van der Waals surface area contributed by atoms with Gasteiger partial charge in [-0.25, -0.2) is 9.78 Å². The topological polar surface area (TPSA) is 200 Å². The number of H-pyrrole nitrogens is 1. The number of hydrogen-bond donors (Lipinski definition) is 7. The molecule has 1 aromatic heterocycles. The summed E-state index contributed by atoms with van der Waals surface area (Å²) >= 11 is 1.45. The Morgan fingerprint density at radius 3 is 2.10 bits per heavy atom. The lowest BCUT2D eigenvalue weighted by atomic mass is 10.0. The first-order valence-electron chi connectivity index (χ1n) is 12.6. The molecule has 3 amide bonds. The van der Waals surface area contributed by atoms with Crippen LogP contribution in [0.15, 0.2) is 36.8 Å². The highest BCUT2D eigenvalue weighted by Gasteiger charge is 2.31. The first kappa shape index (κ1) is 31.6. The number of nitrogens with one attached hydrogen (secondary N) is 4. The molecule has 12 nitrogen and oxygen atoms in total. The van der Waals surface area contributed by atoms with E-state index in [-0.39, 0.29) is 30.9 Å². The van der Waals surface area contributed by atoms with Crippen molar-refractivity contribution in [1.82, 2.24) is 25.9 Å². The molecule has 0 saturated carbocycles. The smallest absolute Gasteiger partial charge is 0.326 e. The van der Waals surface area contributed by atoms with Crippen LogP contribution in [0.1, 0.15) is 37.9 Å². The molecule has 4 atom stereocenters. The van der Waals surface area contributed by atoms with E-state index in [1.165, 1.54) is 36.4 Å². The fraction of sp³-hybridized carbons (Fsp3) is 0.500. The highest BCUT2D eigenvalue weighted by atomic mass is 32.2. The third kappa shape index (κ3) is 11.0. The third-order valence-corrected chi connectivity index (χ3v) is 6.55. The lowest BCUT2D eigenvalue weighted by Crippen LogP contribution is -2.58. The Bertz CT molecular complexity index is 1080. The minimum absolute atomic E-state index is 0.0131. The van der Waals surface area contributed by atoms with Gasteiger partial charge in [0, 0.05) is 24.7 Å². The van der Waals surface area contributed by atoms with Crippen molar-refractivity contribution in [1.29, 1.82) is 0 Å². The van der Waals surface area contributed by atoms with E-state index in [4.69, 9.17) is 5.73 Å². The zero-order valence-corrected chi connectivity index (χ0v) is 23.2. The number of benzene rings is 1. The molecule has 214 valence electrons. The van der Waals surface area contributed by atoms with Crippen molar-refractivity contribution < 1.29 is 29.4 Å². The SMILES string of the molecule is CSCCC(NC(=O)C(Cc1cnc[nH]1)NC(=O)C(Cc1ccc(O)cc1)NC(=O)C(N)CC(C)C)C(=O)O. The maximum atomic E-state index is 13.5. The predicted molar refractivity (Wildman–Crippen MR) is 148 cm³/mol. The second-order valence-electron chi connectivity index (χ2n) is 9.69. The van der Waals surface area contributed by atoms with Crippen molar-refractivity contribution in [3.8, 4) is 5.75 Å². The minimum Gasteiger partial charge on any atom is -0.508 e. The normalized spacial score (nSPS) is 14.2. The summed E-state index contributed by atoms with van der Waals surface area (Å²) in [6.45, 7) is 3.85. The van der Waals surface area contributed by atoms with E-state index in [0.717, 1.165) is 0 Å². The number of carbonyl (C=O) groups excluding carboxylic acids is 3. The summed E-state index contributed by atoms with van der Waals surface area (Å²) in [5, 5.41) is 27.0. The summed E-state index contributed by atoms with van der Waals surface area (Å²) in [4.78, 5) is 58.0. The number of carbonyl (C=O) groups is 4. The Morgan fingerprint density at radius 1 is 0.974 bits per heavy atom. The van der Waals surface area contributed by atoms with Crippen molar-refractivity contribution in [3.63, 3.8) is 0 Å². The molecule has 1 aromatic carbocycles. The van der Waals surface area contributed by atoms with E-state index in [2.05, 4.69) is 25.9 Å². The van der Waals surface area contributed by atoms with Crippen LogP contribution in [0.4, 0.5) is 0 Å². The molecule has 0 radical (unpaired) electrons. The highest BCUT2D eigenvalue weighted by Crippen LogP contribution is 2.13. The maximum Gasteiger partial charge on any atom is 0.326 e. The van der Waals surface area contributed by atoms with Gasteiger partial charge in [0.05, 0.1) is 12.4 Å². The Kier molecular flexibility index (Phi) is 12.8. The number of nitrogens with two attached hydrogens (primary N) is 1. The quantitative estimate of drug-likeness (QED) is 0.153. The van der Waals surface area contributed by atoms with Crippen LogP contribution in [-0.2, 0) is 32.0 Å². The summed E-state index contributed by atoms with van der Waals surface area (Å²) in [5.74, 6) is -2.30. The minimum atomic E-state index is -1.18. The molecule has 13 heteroatoms. The van der Waals surface area contributed by atoms with E-state index < -0.39 is 47.9 Å². The van der Waals surface area contributed by atoms with Gasteiger partial charge in [0.25, 0.3) is 0 Å². The lowest BCUT2D eigenvalue weighted by Gasteiger charge is -2.25. The van der Waals surface area contributed by atoms with E-state index >= 15 is 0 Å². The van der Waals surface area contributed by atoms with Crippen molar-refractivity contribution in [2.24, 2.45) is 11.7 Å². The van der Waals surface area contributed by atoms with Gasteiger partial charge in [-0.15, -0.1) is 0 Å². The Labute approximate surface area is 231 Å². The van der Waals surface area contributed by atoms with Crippen LogP contribution in [0.25, 0.3) is 0 Å². The second kappa shape index (κ2) is 15.7. The van der Waals surface area contributed by atoms with Crippen molar-refractivity contribution in [2.75, 3.05) is 12.0 Å². The number of phenols is 1. The van der Waals surface area contributed by atoms with Crippen molar-refractivity contribution in [2.45, 2.75) is 63.7 Å². The number of imidazole rings is 1. The number of hydrogen-bond acceptors (Lipinski definition) is 8. The van der Waals surface area contributed by atoms with E-state index in [0.29, 0.717) is 23.4 Å². The van der Waals surface area contributed by atoms with Gasteiger partial charge in [-0.2, -0.15) is 11.8 Å². The van der Waals surface area contributed by atoms with Crippen LogP contribution in [-0.4, -0.2) is 80.0 Å². The molecule has 2 aromatic rings. The lowest BCUT2D eigenvalue weighted by molar-refractivity contribution is -0.142. The zero-order valence-electron chi connectivity index (χ0n) is 22.3. The summed E-state index contributed by atoms with van der Waals surface area (Å²) < 4.78 is 0. The van der Waals surface area contributed by atoms with Gasteiger partial charge in [-0.3, -0.25) is 14.4 Å². The van der Waals surface area contributed by atoms with Crippen LogP contribution in [0.5, 0.6) is 5.75 Å². The maximum absolute atomic E-state index is 13.5. The van der Waals surface area contributed by atoms with Crippen molar-refractivity contribution >= 4 is 35.5 Å². The molecule has 0 aliphatic heterocycles. The van der Waals surface area contributed by atoms with Crippen LogP contribution in [0.2, 0.25) is 0 Å². The molecule has 2 rings (SSSR count). The molecular formula is C26H38N6O6S. The average Bonchev–Trinajstić information content (AvgIpc) is 3.39. The summed E-state index contributed by atoms with van der Waals surface area (Å²) in [5.41, 5.74) is 7.24. The first-order valence-corrected chi connectivity index (χ1v) is 14.0. The van der Waals surface area contributed by atoms with E-state index in [1.807, 2.05) is 20.1 Å². The van der Waals surface area contributed by atoms with Gasteiger partial charge in [0.1, 0.15) is 23.9 Å². The second-order valence-corrected chi connectivity index (χ2v) is 10.7. The third-order valence-electron chi connectivity index (χ3n) is 5.91. The van der Waals surface area contributed by atoms with E-state index in [9.17, 15) is 29.4 Å².